The Balaban J connectivity index is 2.09. The lowest BCUT2D eigenvalue weighted by molar-refractivity contribution is -0.0233. The van der Waals surface area contributed by atoms with Gasteiger partial charge in [0, 0.05) is 0 Å². The first-order valence-corrected chi connectivity index (χ1v) is 12.0. The molecule has 1 aliphatic heterocycles. The Morgan fingerprint density at radius 1 is 1.23 bits per heavy atom. The zero-order valence-electron chi connectivity index (χ0n) is 14.3. The van der Waals surface area contributed by atoms with Crippen LogP contribution in [-0.4, -0.2) is 59.6 Å². The minimum Gasteiger partial charge on any atom is -0.387 e. The number of ether oxygens (including phenoxy) is 1. The minimum atomic E-state index is -5.74. The normalized spacial score (nSPS) is 28.4. The summed E-state index contributed by atoms with van der Waals surface area (Å²) < 4.78 is 64.4. The van der Waals surface area contributed by atoms with E-state index in [1.165, 1.54) is 0 Å². The maximum absolute atomic E-state index is 14.4. The molecule has 6 N–H and O–H groups in total. The number of phosphoric ester groups is 1. The van der Waals surface area contributed by atoms with E-state index in [4.69, 9.17) is 25.8 Å². The number of nitrogens with one attached hydrogen (secondary N) is 1. The fourth-order valence-electron chi connectivity index (χ4n) is 2.29. The Morgan fingerprint density at radius 2 is 1.87 bits per heavy atom. The van der Waals surface area contributed by atoms with Crippen molar-refractivity contribution in [3.63, 3.8) is 0 Å². The van der Waals surface area contributed by atoms with Gasteiger partial charge in [-0.3, -0.25) is 9.32 Å². The molecule has 2 heterocycles. The summed E-state index contributed by atoms with van der Waals surface area (Å²) in [4.78, 5) is 52.4. The number of hydrogen-bond donors (Lipinski definition) is 6. The lowest BCUT2D eigenvalue weighted by atomic mass is 10.1. The van der Waals surface area contributed by atoms with Crippen LogP contribution in [0.1, 0.15) is 17.5 Å². The summed E-state index contributed by atoms with van der Waals surface area (Å²) in [6.07, 6.45) is -1.42. The number of aliphatic hydroxyl groups excluding tert-OH is 1. The number of rotatable bonds is 8. The standard InChI is InChI=1S/C11H14FN2O13P3/c1-2-5-9(13-3-7(15)14-5)11-8(12)10(16)6(25-11)4-24-29(20,21)27-30(22,23)26-28(17,18)19/h1,3,6,8,10-11,16H,4H2,(H,14,15)(H,20,21)(H,22,23)(H2,17,18,19)/t6-,8+,10?,11-/m1/s1. The molecule has 1 saturated heterocycles. The summed E-state index contributed by atoms with van der Waals surface area (Å²) in [6.45, 7) is -1.09. The monoisotopic (exact) mass is 494 g/mol. The van der Waals surface area contributed by atoms with Gasteiger partial charge in [0.2, 0.25) is 0 Å². The summed E-state index contributed by atoms with van der Waals surface area (Å²) >= 11 is 0. The first-order valence-electron chi connectivity index (χ1n) is 7.46. The first kappa shape index (κ1) is 25.0. The molecule has 0 aliphatic carbocycles. The van der Waals surface area contributed by atoms with Crippen LogP contribution < -0.4 is 5.56 Å². The molecule has 6 atom stereocenters. The number of alkyl halides is 1. The number of aromatic nitrogens is 2. The third-order valence-electron chi connectivity index (χ3n) is 3.37. The van der Waals surface area contributed by atoms with Crippen LogP contribution in [0.2, 0.25) is 0 Å². The molecule has 30 heavy (non-hydrogen) atoms. The van der Waals surface area contributed by atoms with E-state index in [0.29, 0.717) is 0 Å². The lowest BCUT2D eigenvalue weighted by Crippen LogP contribution is -2.31. The predicted molar refractivity (Wildman–Crippen MR) is 91.1 cm³/mol. The molecule has 0 saturated carbocycles. The molecule has 0 aromatic carbocycles. The van der Waals surface area contributed by atoms with Crippen LogP contribution >= 0.6 is 23.5 Å². The highest BCUT2D eigenvalue weighted by Gasteiger charge is 2.48. The summed E-state index contributed by atoms with van der Waals surface area (Å²) in [5.41, 5.74) is -1.19. The maximum Gasteiger partial charge on any atom is 0.490 e. The quantitative estimate of drug-likeness (QED) is 0.192. The van der Waals surface area contributed by atoms with Crippen molar-refractivity contribution in [2.75, 3.05) is 6.61 Å². The number of aromatic amines is 1. The topological polar surface area (TPSA) is 235 Å². The van der Waals surface area contributed by atoms with Crippen molar-refractivity contribution < 1.29 is 60.6 Å². The Kier molecular flexibility index (Phi) is 7.53. The Bertz CT molecular complexity index is 1030. The average molecular weight is 494 g/mol. The van der Waals surface area contributed by atoms with Crippen LogP contribution in [0, 0.1) is 12.3 Å². The van der Waals surface area contributed by atoms with Crippen molar-refractivity contribution in [3.05, 3.63) is 27.9 Å². The van der Waals surface area contributed by atoms with E-state index < -0.39 is 60.1 Å². The third-order valence-corrected chi connectivity index (χ3v) is 7.18. The third kappa shape index (κ3) is 6.60. The first-order chi connectivity index (χ1) is 13.6. The van der Waals surface area contributed by atoms with Crippen LogP contribution in [0.25, 0.3) is 0 Å². The molecule has 1 aliphatic rings. The van der Waals surface area contributed by atoms with E-state index in [9.17, 15) is 32.9 Å². The summed E-state index contributed by atoms with van der Waals surface area (Å²) in [6, 6.07) is 0. The van der Waals surface area contributed by atoms with E-state index >= 15 is 0 Å². The largest absolute Gasteiger partial charge is 0.490 e. The van der Waals surface area contributed by atoms with Gasteiger partial charge >= 0.3 is 23.5 Å². The molecule has 19 heteroatoms. The molecule has 15 nitrogen and oxygen atoms in total. The highest BCUT2D eigenvalue weighted by molar-refractivity contribution is 7.66. The zero-order chi connectivity index (χ0) is 22.9. The predicted octanol–water partition coefficient (Wildman–Crippen LogP) is -0.767. The van der Waals surface area contributed by atoms with Crippen LogP contribution in [0.15, 0.2) is 11.0 Å². The van der Waals surface area contributed by atoms with Gasteiger partial charge in [-0.1, -0.05) is 5.92 Å². The Labute approximate surface area is 166 Å². The van der Waals surface area contributed by atoms with Crippen LogP contribution in [0.3, 0.4) is 0 Å². The summed E-state index contributed by atoms with van der Waals surface area (Å²) in [7, 11) is -16.8. The van der Waals surface area contributed by atoms with E-state index in [0.717, 1.165) is 6.20 Å². The van der Waals surface area contributed by atoms with Gasteiger partial charge < -0.3 is 34.4 Å². The number of phosphoric acid groups is 3. The molecule has 0 radical (unpaired) electrons. The smallest absolute Gasteiger partial charge is 0.387 e. The van der Waals surface area contributed by atoms with Gasteiger partial charge in [0.05, 0.1) is 12.8 Å². The summed E-state index contributed by atoms with van der Waals surface area (Å²) in [5, 5.41) is 9.91. The van der Waals surface area contributed by atoms with E-state index in [1.54, 1.807) is 0 Å². The lowest BCUT2D eigenvalue weighted by Gasteiger charge is -2.19. The molecule has 1 fully saturated rings. The van der Waals surface area contributed by atoms with E-state index in [2.05, 4.69) is 23.1 Å². The number of H-pyrrole nitrogens is 1. The molecule has 3 unspecified atom stereocenters. The molecule has 1 aromatic heterocycles. The molecular formula is C11H14FN2O13P3. The van der Waals surface area contributed by atoms with Gasteiger partial charge in [0.1, 0.15) is 29.7 Å². The number of halogens is 1. The van der Waals surface area contributed by atoms with Crippen LogP contribution in [0.5, 0.6) is 0 Å². The van der Waals surface area contributed by atoms with Gasteiger partial charge in [-0.25, -0.2) is 23.1 Å². The van der Waals surface area contributed by atoms with Gasteiger partial charge in [-0.2, -0.15) is 8.62 Å². The average Bonchev–Trinajstić information content (AvgIpc) is 2.85. The summed E-state index contributed by atoms with van der Waals surface area (Å²) in [5.74, 6) is 2.05. The highest BCUT2D eigenvalue weighted by atomic mass is 31.3. The van der Waals surface area contributed by atoms with Gasteiger partial charge in [-0.05, 0) is 0 Å². The van der Waals surface area contributed by atoms with Crippen molar-refractivity contribution in [2.45, 2.75) is 24.5 Å². The second kappa shape index (κ2) is 9.05. The van der Waals surface area contributed by atoms with Crippen LogP contribution in [0.4, 0.5) is 4.39 Å². The SMILES string of the molecule is C#Cc1[nH]c(=O)cnc1[C@@H]1O[C@H](COP(=O)(O)OP(=O)(O)OP(=O)(O)O)C(O)[C@@H]1F. The van der Waals surface area contributed by atoms with E-state index in [-0.39, 0.29) is 11.4 Å². The molecule has 1 aromatic rings. The minimum absolute atomic E-state index is 0.240. The number of nitrogens with zero attached hydrogens (tertiary/aromatic N) is 1. The fraction of sp³-hybridized carbons (Fsp3) is 0.455. The molecule has 0 amide bonds. The van der Waals surface area contributed by atoms with Crippen molar-refractivity contribution in [3.8, 4) is 12.3 Å². The number of aliphatic hydroxyl groups is 1. The second-order valence-electron chi connectivity index (χ2n) is 5.57. The van der Waals surface area contributed by atoms with Gasteiger partial charge in [-0.15, -0.1) is 6.42 Å². The molecule has 0 bridgehead atoms. The van der Waals surface area contributed by atoms with Gasteiger partial charge in [0.15, 0.2) is 6.17 Å². The van der Waals surface area contributed by atoms with Crippen LogP contribution in [-0.2, 0) is 31.6 Å². The fourth-order valence-corrected chi connectivity index (χ4v) is 5.32. The number of terminal acetylenes is 1. The Morgan fingerprint density at radius 3 is 2.43 bits per heavy atom. The Hall–Kier alpha value is -1.30. The van der Waals surface area contributed by atoms with Gasteiger partial charge in [0.25, 0.3) is 5.56 Å². The van der Waals surface area contributed by atoms with Crippen molar-refractivity contribution in [1.82, 2.24) is 9.97 Å². The molecule has 168 valence electrons. The molecule has 2 rings (SSSR count). The zero-order valence-corrected chi connectivity index (χ0v) is 17.0. The van der Waals surface area contributed by atoms with Crippen molar-refractivity contribution >= 4 is 23.5 Å². The second-order valence-corrected chi connectivity index (χ2v) is 9.99. The van der Waals surface area contributed by atoms with Crippen molar-refractivity contribution in [1.29, 1.82) is 0 Å². The maximum atomic E-state index is 14.4. The molecule has 0 spiro atoms. The number of hydrogen-bond acceptors (Lipinski definition) is 10. The van der Waals surface area contributed by atoms with Crippen molar-refractivity contribution in [2.24, 2.45) is 0 Å². The molecular weight excluding hydrogens is 480 g/mol. The van der Waals surface area contributed by atoms with E-state index in [1.807, 2.05) is 5.92 Å². The highest BCUT2D eigenvalue weighted by Crippen LogP contribution is 2.66.